The Labute approximate surface area is 194 Å². The number of carboxylic acids is 1. The summed E-state index contributed by atoms with van der Waals surface area (Å²) >= 11 is 0. The molecule has 0 saturated carbocycles. The summed E-state index contributed by atoms with van der Waals surface area (Å²) in [7, 11) is 0. The minimum absolute atomic E-state index is 0.154. The quantitative estimate of drug-likeness (QED) is 0.454. The Balaban J connectivity index is 1.48. The van der Waals surface area contributed by atoms with Crippen LogP contribution < -0.4 is 5.32 Å². The number of aryl methyl sites for hydroxylation is 2. The van der Waals surface area contributed by atoms with Crippen molar-refractivity contribution in [1.29, 1.82) is 0 Å². The molecule has 180 valence electrons. The number of halogens is 2. The van der Waals surface area contributed by atoms with E-state index in [0.717, 1.165) is 30.9 Å². The van der Waals surface area contributed by atoms with Crippen molar-refractivity contribution >= 4 is 11.8 Å². The predicted molar refractivity (Wildman–Crippen MR) is 124 cm³/mol. The Morgan fingerprint density at radius 2 is 1.88 bits per heavy atom. The van der Waals surface area contributed by atoms with Crippen LogP contribution in [0.1, 0.15) is 87.9 Å². The maximum absolute atomic E-state index is 14.5. The van der Waals surface area contributed by atoms with Crippen LogP contribution in [0.3, 0.4) is 0 Å². The molecule has 0 fully saturated rings. The van der Waals surface area contributed by atoms with Crippen LogP contribution in [0, 0.1) is 0 Å². The highest BCUT2D eigenvalue weighted by molar-refractivity contribution is 5.75. The molecule has 0 unspecified atom stereocenters. The van der Waals surface area contributed by atoms with Crippen molar-refractivity contribution in [3.8, 4) is 0 Å². The Bertz CT molecular complexity index is 942. The summed E-state index contributed by atoms with van der Waals surface area (Å²) in [5, 5.41) is 12.9. The lowest BCUT2D eigenvalue weighted by atomic mass is 9.92. The molecule has 0 aliphatic carbocycles. The molecule has 3 rings (SSSR count). The van der Waals surface area contributed by atoms with Crippen molar-refractivity contribution in [2.45, 2.75) is 89.4 Å². The molecule has 6 nitrogen and oxygen atoms in total. The minimum Gasteiger partial charge on any atom is -0.481 e. The molecule has 0 saturated heterocycles. The number of hydrogen-bond donors (Lipinski definition) is 2. The van der Waals surface area contributed by atoms with Gasteiger partial charge in [0.2, 0.25) is 5.92 Å². The molecular formula is C25H34F2N4O2. The van der Waals surface area contributed by atoms with E-state index in [1.54, 1.807) is 0 Å². The number of anilines is 1. The molecule has 0 amide bonds. The molecule has 0 radical (unpaired) electrons. The molecule has 1 atom stereocenters. The summed E-state index contributed by atoms with van der Waals surface area (Å²) in [5.41, 5.74) is 2.22. The fourth-order valence-electron chi connectivity index (χ4n) is 4.02. The van der Waals surface area contributed by atoms with Gasteiger partial charge in [0.15, 0.2) is 0 Å². The van der Waals surface area contributed by atoms with Crippen LogP contribution in [0.5, 0.6) is 0 Å². The van der Waals surface area contributed by atoms with E-state index in [1.165, 1.54) is 18.0 Å². The minimum atomic E-state index is -2.91. The van der Waals surface area contributed by atoms with Gasteiger partial charge in [-0.3, -0.25) is 4.79 Å². The van der Waals surface area contributed by atoms with Gasteiger partial charge in [-0.2, -0.15) is 0 Å². The van der Waals surface area contributed by atoms with Crippen LogP contribution in [0.2, 0.25) is 0 Å². The second-order valence-corrected chi connectivity index (χ2v) is 9.92. The number of hydrogen-bond acceptors (Lipinski definition) is 5. The molecule has 2 N–H and O–H groups in total. The highest BCUT2D eigenvalue weighted by Gasteiger charge is 2.32. The number of alkyl halides is 2. The topological polar surface area (TPSA) is 88.0 Å². The van der Waals surface area contributed by atoms with Crippen LogP contribution in [-0.2, 0) is 23.1 Å². The fourth-order valence-corrected chi connectivity index (χ4v) is 4.02. The summed E-state index contributed by atoms with van der Waals surface area (Å²) < 4.78 is 29.0. The van der Waals surface area contributed by atoms with Gasteiger partial charge in [0, 0.05) is 48.5 Å². The van der Waals surface area contributed by atoms with Gasteiger partial charge in [-0.15, -0.1) is 0 Å². The van der Waals surface area contributed by atoms with Crippen LogP contribution in [0.4, 0.5) is 14.6 Å². The van der Waals surface area contributed by atoms with E-state index in [0.29, 0.717) is 30.7 Å². The van der Waals surface area contributed by atoms with Crippen molar-refractivity contribution in [1.82, 2.24) is 15.0 Å². The molecule has 2 aromatic rings. The maximum atomic E-state index is 14.5. The van der Waals surface area contributed by atoms with E-state index in [2.05, 4.69) is 26.3 Å². The van der Waals surface area contributed by atoms with Crippen LogP contribution >= 0.6 is 0 Å². The molecule has 2 aromatic heterocycles. The van der Waals surface area contributed by atoms with E-state index in [4.69, 9.17) is 0 Å². The maximum Gasteiger partial charge on any atom is 0.311 e. The van der Waals surface area contributed by atoms with Crippen LogP contribution in [0.25, 0.3) is 0 Å². The summed E-state index contributed by atoms with van der Waals surface area (Å²) in [6, 6.07) is 4.05. The summed E-state index contributed by atoms with van der Waals surface area (Å²) in [6.07, 6.45) is 5.75. The zero-order valence-electron chi connectivity index (χ0n) is 19.7. The number of unbranched alkanes of at least 4 members (excludes halogenated alkanes) is 1. The first kappa shape index (κ1) is 25.0. The molecule has 1 aliphatic rings. The van der Waals surface area contributed by atoms with E-state index >= 15 is 0 Å². The second-order valence-electron chi connectivity index (χ2n) is 9.92. The monoisotopic (exact) mass is 460 g/mol. The number of carboxylic acid groups (broad SMARTS) is 1. The lowest BCUT2D eigenvalue weighted by Gasteiger charge is -2.20. The van der Waals surface area contributed by atoms with Gasteiger partial charge in [-0.1, -0.05) is 26.8 Å². The highest BCUT2D eigenvalue weighted by atomic mass is 19.3. The summed E-state index contributed by atoms with van der Waals surface area (Å²) in [4.78, 5) is 24.8. The molecule has 3 heterocycles. The highest BCUT2D eigenvalue weighted by Crippen LogP contribution is 2.32. The number of nitrogens with zero attached hydrogens (tertiary/aromatic N) is 3. The number of carbonyl (C=O) groups is 1. The third kappa shape index (κ3) is 7.17. The standard InChI is InChI=1S/C25H34F2N4O2/c1-24(2,3)23-29-15-18(16-30-23)20(22(32)33)11-13-25(26,27)12-5-4-8-19-10-9-17-7-6-14-28-21(17)31-19/h9-10,15-16,20H,4-8,11-14H2,1-3H3,(H,28,31)(H,32,33)/t20-/m1/s1. The Kier molecular flexibility index (Phi) is 7.97. The Morgan fingerprint density at radius 3 is 2.55 bits per heavy atom. The third-order valence-electron chi connectivity index (χ3n) is 6.02. The predicted octanol–water partition coefficient (Wildman–Crippen LogP) is 5.52. The zero-order valence-corrected chi connectivity index (χ0v) is 19.7. The van der Waals surface area contributed by atoms with Gasteiger partial charge in [0.1, 0.15) is 11.6 Å². The molecular weight excluding hydrogens is 426 g/mol. The van der Waals surface area contributed by atoms with Gasteiger partial charge >= 0.3 is 5.97 Å². The summed E-state index contributed by atoms with van der Waals surface area (Å²) in [5.74, 6) is -3.58. The molecule has 0 bridgehead atoms. The van der Waals surface area contributed by atoms with Crippen molar-refractivity contribution in [2.24, 2.45) is 0 Å². The average Bonchev–Trinajstić information content (AvgIpc) is 2.76. The first-order valence-electron chi connectivity index (χ1n) is 11.7. The van der Waals surface area contributed by atoms with Crippen molar-refractivity contribution in [2.75, 3.05) is 11.9 Å². The number of fused-ring (bicyclic) bond motifs is 1. The van der Waals surface area contributed by atoms with Gasteiger partial charge in [0.05, 0.1) is 5.92 Å². The number of nitrogens with one attached hydrogen (secondary N) is 1. The number of aliphatic carboxylic acids is 1. The van der Waals surface area contributed by atoms with Crippen molar-refractivity contribution < 1.29 is 18.7 Å². The number of rotatable bonds is 10. The average molecular weight is 461 g/mol. The second kappa shape index (κ2) is 10.5. The number of pyridine rings is 1. The molecule has 8 heteroatoms. The lowest BCUT2D eigenvalue weighted by Crippen LogP contribution is -2.21. The molecule has 1 aliphatic heterocycles. The molecule has 0 spiro atoms. The van der Waals surface area contributed by atoms with Gasteiger partial charge < -0.3 is 10.4 Å². The lowest BCUT2D eigenvalue weighted by molar-refractivity contribution is -0.139. The van der Waals surface area contributed by atoms with Gasteiger partial charge in [-0.25, -0.2) is 23.7 Å². The van der Waals surface area contributed by atoms with E-state index < -0.39 is 24.2 Å². The normalized spacial score (nSPS) is 14.9. The van der Waals surface area contributed by atoms with Crippen molar-refractivity contribution in [3.05, 3.63) is 47.2 Å². The largest absolute Gasteiger partial charge is 0.481 e. The van der Waals surface area contributed by atoms with Crippen LogP contribution in [0.15, 0.2) is 24.5 Å². The first-order chi connectivity index (χ1) is 15.5. The van der Waals surface area contributed by atoms with E-state index in [-0.39, 0.29) is 18.3 Å². The van der Waals surface area contributed by atoms with Crippen molar-refractivity contribution in [3.63, 3.8) is 0 Å². The van der Waals surface area contributed by atoms with Crippen LogP contribution in [-0.4, -0.2) is 38.5 Å². The SMILES string of the molecule is CC(C)(C)c1ncc([C@@H](CCC(F)(F)CCCCc2ccc3c(n2)NCCC3)C(=O)O)cn1. The summed E-state index contributed by atoms with van der Waals surface area (Å²) in [6.45, 7) is 6.78. The fraction of sp³-hybridized carbons (Fsp3) is 0.600. The number of aromatic nitrogens is 3. The Morgan fingerprint density at radius 1 is 1.15 bits per heavy atom. The first-order valence-corrected chi connectivity index (χ1v) is 11.7. The molecule has 33 heavy (non-hydrogen) atoms. The van der Waals surface area contributed by atoms with E-state index in [9.17, 15) is 18.7 Å². The third-order valence-corrected chi connectivity index (χ3v) is 6.02. The smallest absolute Gasteiger partial charge is 0.311 e. The van der Waals surface area contributed by atoms with Gasteiger partial charge in [0.25, 0.3) is 0 Å². The van der Waals surface area contributed by atoms with Gasteiger partial charge in [-0.05, 0) is 50.2 Å². The van der Waals surface area contributed by atoms with E-state index in [1.807, 2.05) is 26.8 Å². The zero-order chi connectivity index (χ0) is 24.1. The Hall–Kier alpha value is -2.64. The molecule has 0 aromatic carbocycles.